The van der Waals surface area contributed by atoms with Crippen LogP contribution in [0.15, 0.2) is 54.6 Å². The molecule has 0 aliphatic heterocycles. The molecule has 178 valence electrons. The van der Waals surface area contributed by atoms with Crippen LogP contribution in [-0.2, 0) is 20.9 Å². The van der Waals surface area contributed by atoms with Gasteiger partial charge in [-0.15, -0.1) is 0 Å². The molecule has 4 atom stereocenters. The molecule has 1 aliphatic rings. The van der Waals surface area contributed by atoms with Gasteiger partial charge in [-0.3, -0.25) is 4.79 Å². The number of aliphatic hydroxyl groups is 2. The number of ether oxygens (including phenoxy) is 2. The summed E-state index contributed by atoms with van der Waals surface area (Å²) in [6.45, 7) is 3.37. The molecule has 0 radical (unpaired) electrons. The summed E-state index contributed by atoms with van der Waals surface area (Å²) in [5.41, 5.74) is 0.636. The SMILES string of the molecule is CC(C)OC(=O)CCCC=CC[C@@H]1[C@@H](C=CC(F)(F)OCc2ccccc2)[C@H](O)C[C@@H]1O. The van der Waals surface area contributed by atoms with E-state index < -0.39 is 24.2 Å². The Labute approximate surface area is 188 Å². The Morgan fingerprint density at radius 2 is 1.91 bits per heavy atom. The molecule has 0 amide bonds. The van der Waals surface area contributed by atoms with E-state index in [4.69, 9.17) is 9.47 Å². The highest BCUT2D eigenvalue weighted by atomic mass is 19.3. The predicted molar refractivity (Wildman–Crippen MR) is 118 cm³/mol. The summed E-state index contributed by atoms with van der Waals surface area (Å²) in [5.74, 6) is -1.20. The second-order valence-corrected chi connectivity index (χ2v) is 8.44. The van der Waals surface area contributed by atoms with E-state index >= 15 is 0 Å². The van der Waals surface area contributed by atoms with Gasteiger partial charge in [-0.2, -0.15) is 8.78 Å². The van der Waals surface area contributed by atoms with Gasteiger partial charge in [-0.25, -0.2) is 0 Å². The summed E-state index contributed by atoms with van der Waals surface area (Å²) >= 11 is 0. The molecule has 0 bridgehead atoms. The fraction of sp³-hybridized carbons (Fsp3) is 0.560. The maximum atomic E-state index is 14.1. The number of rotatable bonds is 12. The number of benzene rings is 1. The van der Waals surface area contributed by atoms with Crippen molar-refractivity contribution in [2.45, 2.75) is 77.0 Å². The first-order valence-corrected chi connectivity index (χ1v) is 11.1. The minimum absolute atomic E-state index is 0.130. The third-order valence-corrected chi connectivity index (χ3v) is 5.40. The van der Waals surface area contributed by atoms with E-state index in [-0.39, 0.29) is 31.0 Å². The summed E-state index contributed by atoms with van der Waals surface area (Å²) in [4.78, 5) is 11.5. The first-order valence-electron chi connectivity index (χ1n) is 11.1. The van der Waals surface area contributed by atoms with Crippen LogP contribution < -0.4 is 0 Å². The number of esters is 1. The van der Waals surface area contributed by atoms with Crippen molar-refractivity contribution in [2.24, 2.45) is 11.8 Å². The lowest BCUT2D eigenvalue weighted by atomic mass is 9.90. The number of unbranched alkanes of at least 4 members (excludes halogenated alkanes) is 1. The lowest BCUT2D eigenvalue weighted by Gasteiger charge is -2.20. The van der Waals surface area contributed by atoms with Crippen molar-refractivity contribution in [3.8, 4) is 0 Å². The Bertz CT molecular complexity index is 748. The van der Waals surface area contributed by atoms with Crippen LogP contribution in [0.3, 0.4) is 0 Å². The number of hydrogen-bond donors (Lipinski definition) is 2. The predicted octanol–water partition coefficient (Wildman–Crippen LogP) is 4.78. The molecule has 0 heterocycles. The Hall–Kier alpha value is -2.09. The van der Waals surface area contributed by atoms with Crippen molar-refractivity contribution in [3.63, 3.8) is 0 Å². The number of aliphatic hydroxyl groups excluding tert-OH is 2. The highest BCUT2D eigenvalue weighted by Gasteiger charge is 2.40. The number of carbonyl (C=O) groups is 1. The van der Waals surface area contributed by atoms with Gasteiger partial charge < -0.3 is 19.7 Å². The highest BCUT2D eigenvalue weighted by molar-refractivity contribution is 5.69. The summed E-state index contributed by atoms with van der Waals surface area (Å²) in [7, 11) is 0. The highest BCUT2D eigenvalue weighted by Crippen LogP contribution is 2.37. The maximum absolute atomic E-state index is 14.1. The van der Waals surface area contributed by atoms with Crippen molar-refractivity contribution in [3.05, 3.63) is 60.2 Å². The lowest BCUT2D eigenvalue weighted by Crippen LogP contribution is -2.22. The van der Waals surface area contributed by atoms with Gasteiger partial charge in [-0.05, 0) is 44.6 Å². The fourth-order valence-electron chi connectivity index (χ4n) is 3.79. The first kappa shape index (κ1) is 26.2. The maximum Gasteiger partial charge on any atom is 0.376 e. The molecular weight excluding hydrogens is 418 g/mol. The van der Waals surface area contributed by atoms with Gasteiger partial charge in [0.15, 0.2) is 0 Å². The Balaban J connectivity index is 1.83. The number of allylic oxidation sites excluding steroid dienone is 2. The molecule has 32 heavy (non-hydrogen) atoms. The van der Waals surface area contributed by atoms with Crippen LogP contribution in [-0.4, -0.2) is 40.6 Å². The van der Waals surface area contributed by atoms with Crippen LogP contribution in [0.4, 0.5) is 8.78 Å². The summed E-state index contributed by atoms with van der Waals surface area (Å²) in [5, 5.41) is 20.5. The van der Waals surface area contributed by atoms with Gasteiger partial charge in [0.2, 0.25) is 0 Å². The minimum Gasteiger partial charge on any atom is -0.463 e. The molecule has 0 unspecified atom stereocenters. The van der Waals surface area contributed by atoms with Crippen LogP contribution in [0.25, 0.3) is 0 Å². The van der Waals surface area contributed by atoms with Gasteiger partial charge in [0, 0.05) is 24.8 Å². The van der Waals surface area contributed by atoms with Crippen molar-refractivity contribution < 1.29 is 33.3 Å². The largest absolute Gasteiger partial charge is 0.463 e. The molecule has 7 heteroatoms. The van der Waals surface area contributed by atoms with Crippen molar-refractivity contribution in [1.82, 2.24) is 0 Å². The number of carbonyl (C=O) groups excluding carboxylic acids is 1. The smallest absolute Gasteiger partial charge is 0.376 e. The van der Waals surface area contributed by atoms with Crippen LogP contribution in [0.1, 0.15) is 51.5 Å². The van der Waals surface area contributed by atoms with E-state index in [1.165, 1.54) is 6.08 Å². The molecule has 1 fully saturated rings. The summed E-state index contributed by atoms with van der Waals surface area (Å²) in [6, 6.07) is 8.69. The average molecular weight is 453 g/mol. The van der Waals surface area contributed by atoms with Crippen LogP contribution in [0.5, 0.6) is 0 Å². The zero-order valence-electron chi connectivity index (χ0n) is 18.7. The minimum atomic E-state index is -3.48. The third kappa shape index (κ3) is 9.18. The topological polar surface area (TPSA) is 76.0 Å². The van der Waals surface area contributed by atoms with Crippen LogP contribution in [0.2, 0.25) is 0 Å². The third-order valence-electron chi connectivity index (χ3n) is 5.40. The standard InChI is InChI=1S/C25H34F2O5/c1-18(2)32-24(30)13-9-4-3-8-12-20-21(23(29)16-22(20)28)14-15-25(26,27)31-17-19-10-6-5-7-11-19/h3,5-8,10-11,14-15,18,20-23,28-29H,4,9,12-13,16-17H2,1-2H3/t20-,21-,22+,23-/m1/s1. The van der Waals surface area contributed by atoms with E-state index in [1.807, 2.05) is 12.2 Å². The van der Waals surface area contributed by atoms with Gasteiger partial charge >= 0.3 is 12.1 Å². The number of alkyl halides is 2. The normalized spacial score (nSPS) is 24.1. The van der Waals surface area contributed by atoms with E-state index in [9.17, 15) is 23.8 Å². The Morgan fingerprint density at radius 1 is 1.19 bits per heavy atom. The molecule has 0 spiro atoms. The molecule has 1 aliphatic carbocycles. The van der Waals surface area contributed by atoms with E-state index in [2.05, 4.69) is 0 Å². The van der Waals surface area contributed by atoms with E-state index in [1.54, 1.807) is 44.2 Å². The average Bonchev–Trinajstić information content (AvgIpc) is 3.00. The molecule has 1 aromatic carbocycles. The first-order chi connectivity index (χ1) is 15.2. The summed E-state index contributed by atoms with van der Waals surface area (Å²) < 4.78 is 38.1. The molecule has 0 aromatic heterocycles. The van der Waals surface area contributed by atoms with Crippen molar-refractivity contribution in [1.29, 1.82) is 0 Å². The molecule has 5 nitrogen and oxygen atoms in total. The molecule has 2 rings (SSSR count). The zero-order valence-corrected chi connectivity index (χ0v) is 18.7. The number of halogens is 2. The molecular formula is C25H34F2O5. The molecule has 1 aromatic rings. The molecule has 1 saturated carbocycles. The van der Waals surface area contributed by atoms with E-state index in [0.29, 0.717) is 37.3 Å². The zero-order chi connectivity index (χ0) is 23.6. The second kappa shape index (κ2) is 12.8. The lowest BCUT2D eigenvalue weighted by molar-refractivity contribution is -0.208. The Kier molecular flexibility index (Phi) is 10.5. The Morgan fingerprint density at radius 3 is 2.59 bits per heavy atom. The molecule has 0 saturated heterocycles. The van der Waals surface area contributed by atoms with Crippen LogP contribution >= 0.6 is 0 Å². The van der Waals surface area contributed by atoms with Crippen LogP contribution in [0, 0.1) is 11.8 Å². The fourth-order valence-corrected chi connectivity index (χ4v) is 3.79. The molecule has 2 N–H and O–H groups in total. The van der Waals surface area contributed by atoms with Gasteiger partial charge in [0.05, 0.1) is 24.9 Å². The van der Waals surface area contributed by atoms with Gasteiger partial charge in [0.25, 0.3) is 0 Å². The number of hydrogen-bond acceptors (Lipinski definition) is 5. The van der Waals surface area contributed by atoms with Crippen molar-refractivity contribution >= 4 is 5.97 Å². The second-order valence-electron chi connectivity index (χ2n) is 8.44. The summed E-state index contributed by atoms with van der Waals surface area (Å²) in [6.07, 6.45) is 2.65. The van der Waals surface area contributed by atoms with Crippen molar-refractivity contribution in [2.75, 3.05) is 0 Å². The quantitative estimate of drug-likeness (QED) is 0.271. The van der Waals surface area contributed by atoms with Gasteiger partial charge in [-0.1, -0.05) is 48.6 Å². The van der Waals surface area contributed by atoms with E-state index in [0.717, 1.165) is 0 Å². The van der Waals surface area contributed by atoms with Gasteiger partial charge in [0.1, 0.15) is 0 Å². The monoisotopic (exact) mass is 452 g/mol.